The number of nitrogens with one attached hydrogen (secondary N) is 2. The lowest BCUT2D eigenvalue weighted by Gasteiger charge is -2.19. The third-order valence-corrected chi connectivity index (χ3v) is 5.31. The van der Waals surface area contributed by atoms with Gasteiger partial charge in [-0.2, -0.15) is 0 Å². The highest BCUT2D eigenvalue weighted by Crippen LogP contribution is 2.24. The van der Waals surface area contributed by atoms with Gasteiger partial charge in [0, 0.05) is 50.0 Å². The maximum atomic E-state index is 5.62. The van der Waals surface area contributed by atoms with Crippen molar-refractivity contribution in [3.8, 4) is 17.4 Å². The number of hydrogen-bond donors (Lipinski definition) is 2. The summed E-state index contributed by atoms with van der Waals surface area (Å²) >= 11 is 0. The third kappa shape index (κ3) is 6.75. The van der Waals surface area contributed by atoms with Crippen LogP contribution in [0.3, 0.4) is 0 Å². The highest BCUT2D eigenvalue weighted by atomic mass is 16.5. The van der Waals surface area contributed by atoms with Crippen molar-refractivity contribution in [3.63, 3.8) is 0 Å². The van der Waals surface area contributed by atoms with Crippen LogP contribution >= 0.6 is 0 Å². The maximum Gasteiger partial charge on any atom is 0.218 e. The van der Waals surface area contributed by atoms with Gasteiger partial charge >= 0.3 is 0 Å². The van der Waals surface area contributed by atoms with Crippen molar-refractivity contribution in [2.45, 2.75) is 39.4 Å². The van der Waals surface area contributed by atoms with E-state index < -0.39 is 0 Å². The lowest BCUT2D eigenvalue weighted by Crippen LogP contribution is -2.44. The van der Waals surface area contributed by atoms with Gasteiger partial charge in [0.2, 0.25) is 5.88 Å². The topological polar surface area (TPSA) is 80.2 Å². The van der Waals surface area contributed by atoms with Gasteiger partial charge in [0.05, 0.1) is 27.4 Å². The molecule has 32 heavy (non-hydrogen) atoms. The summed E-state index contributed by atoms with van der Waals surface area (Å²) in [5, 5.41) is 6.94. The fourth-order valence-corrected chi connectivity index (χ4v) is 3.80. The Labute approximate surface area is 191 Å². The van der Waals surface area contributed by atoms with Gasteiger partial charge in [0.15, 0.2) is 5.96 Å². The predicted molar refractivity (Wildman–Crippen MR) is 127 cm³/mol. The zero-order chi connectivity index (χ0) is 22.8. The largest absolute Gasteiger partial charge is 0.497 e. The number of aromatic nitrogens is 1. The Morgan fingerprint density at radius 1 is 1.19 bits per heavy atom. The number of guanidine groups is 1. The summed E-state index contributed by atoms with van der Waals surface area (Å²) in [5.74, 6) is 3.09. The Morgan fingerprint density at radius 3 is 2.66 bits per heavy atom. The minimum Gasteiger partial charge on any atom is -0.497 e. The summed E-state index contributed by atoms with van der Waals surface area (Å²) in [4.78, 5) is 11.5. The highest BCUT2D eigenvalue weighted by Gasteiger charge is 2.23. The molecule has 1 unspecified atom stereocenters. The second-order valence-electron chi connectivity index (χ2n) is 7.68. The molecule has 1 saturated heterocycles. The van der Waals surface area contributed by atoms with E-state index in [1.807, 2.05) is 25.1 Å². The van der Waals surface area contributed by atoms with Crippen molar-refractivity contribution in [3.05, 3.63) is 47.7 Å². The molecule has 8 nitrogen and oxygen atoms in total. The third-order valence-electron chi connectivity index (χ3n) is 5.31. The van der Waals surface area contributed by atoms with E-state index in [1.165, 1.54) is 5.56 Å². The first kappa shape index (κ1) is 23.7. The second-order valence-corrected chi connectivity index (χ2v) is 7.68. The molecule has 0 saturated carbocycles. The van der Waals surface area contributed by atoms with E-state index in [0.717, 1.165) is 55.6 Å². The minimum absolute atomic E-state index is 0.334. The van der Waals surface area contributed by atoms with Crippen molar-refractivity contribution in [1.82, 2.24) is 20.5 Å². The van der Waals surface area contributed by atoms with Crippen molar-refractivity contribution in [1.29, 1.82) is 0 Å². The molecular formula is C24H35N5O3. The van der Waals surface area contributed by atoms with Crippen molar-refractivity contribution < 1.29 is 14.2 Å². The van der Waals surface area contributed by atoms with Crippen LogP contribution in [0.2, 0.25) is 0 Å². The molecule has 2 N–H and O–H groups in total. The molecule has 1 aromatic heterocycles. The molecule has 1 aliphatic rings. The molecule has 0 bridgehead atoms. The van der Waals surface area contributed by atoms with Gasteiger partial charge in [0.25, 0.3) is 0 Å². The zero-order valence-corrected chi connectivity index (χ0v) is 19.6. The van der Waals surface area contributed by atoms with Crippen LogP contribution in [0.1, 0.15) is 31.4 Å². The van der Waals surface area contributed by atoms with Crippen molar-refractivity contribution >= 4 is 5.96 Å². The van der Waals surface area contributed by atoms with E-state index in [2.05, 4.69) is 39.6 Å². The molecule has 2 aromatic rings. The molecule has 174 valence electrons. The van der Waals surface area contributed by atoms with E-state index in [0.29, 0.717) is 25.1 Å². The van der Waals surface area contributed by atoms with Crippen LogP contribution in [0.4, 0.5) is 0 Å². The summed E-state index contributed by atoms with van der Waals surface area (Å²) in [5.41, 5.74) is 2.16. The molecule has 8 heteroatoms. The number of methoxy groups -OCH3 is 2. The van der Waals surface area contributed by atoms with E-state index >= 15 is 0 Å². The van der Waals surface area contributed by atoms with Gasteiger partial charge in [-0.25, -0.2) is 9.98 Å². The number of aliphatic imine (C=N–C) groups is 1. The number of benzene rings is 1. The van der Waals surface area contributed by atoms with Crippen LogP contribution in [0.25, 0.3) is 0 Å². The zero-order valence-electron chi connectivity index (χ0n) is 19.6. The molecule has 0 aliphatic carbocycles. The fraction of sp³-hybridized carbons (Fsp3) is 0.500. The number of ether oxygens (including phenoxy) is 3. The van der Waals surface area contributed by atoms with Gasteiger partial charge in [-0.05, 0) is 44.0 Å². The number of likely N-dealkylation sites (tertiary alicyclic amines) is 1. The second kappa shape index (κ2) is 12.1. The predicted octanol–water partition coefficient (Wildman–Crippen LogP) is 2.83. The first-order valence-corrected chi connectivity index (χ1v) is 11.2. The Hall–Kier alpha value is -3.00. The van der Waals surface area contributed by atoms with E-state index in [4.69, 9.17) is 19.2 Å². The van der Waals surface area contributed by atoms with Crippen LogP contribution in [0.15, 0.2) is 41.5 Å². The number of pyridine rings is 1. The summed E-state index contributed by atoms with van der Waals surface area (Å²) in [7, 11) is 3.36. The number of rotatable bonds is 10. The van der Waals surface area contributed by atoms with Gasteiger partial charge in [-0.1, -0.05) is 6.07 Å². The first-order valence-electron chi connectivity index (χ1n) is 11.2. The normalized spacial score (nSPS) is 16.6. The smallest absolute Gasteiger partial charge is 0.218 e. The first-order chi connectivity index (χ1) is 15.6. The average molecular weight is 442 g/mol. The average Bonchev–Trinajstić information content (AvgIpc) is 3.24. The lowest BCUT2D eigenvalue weighted by atomic mass is 10.2. The molecule has 2 heterocycles. The van der Waals surface area contributed by atoms with Crippen molar-refractivity contribution in [2.24, 2.45) is 4.99 Å². The molecule has 1 aliphatic heterocycles. The monoisotopic (exact) mass is 441 g/mol. The SMILES string of the molecule is CCNC(=NCc1cccnc1OCC)NC1CCN(Cc2cc(OC)cc(OC)c2)C1. The Balaban J connectivity index is 1.59. The van der Waals surface area contributed by atoms with Gasteiger partial charge in [-0.15, -0.1) is 0 Å². The standard InChI is InChI=1S/C24H35N5O3/c1-5-25-24(27-15-19-8-7-10-26-23(19)32-6-2)28-20-9-11-29(17-20)16-18-12-21(30-3)14-22(13-18)31-4/h7-8,10,12-14,20H,5-6,9,11,15-17H2,1-4H3,(H2,25,27,28). The number of hydrogen-bond acceptors (Lipinski definition) is 6. The summed E-state index contributed by atoms with van der Waals surface area (Å²) in [6, 6.07) is 10.3. The van der Waals surface area contributed by atoms with Gasteiger partial charge < -0.3 is 24.8 Å². The van der Waals surface area contributed by atoms with E-state index in [9.17, 15) is 0 Å². The minimum atomic E-state index is 0.334. The van der Waals surface area contributed by atoms with Crippen LogP contribution in [0.5, 0.6) is 17.4 Å². The van der Waals surface area contributed by atoms with E-state index in [1.54, 1.807) is 20.4 Å². The Bertz CT molecular complexity index is 867. The summed E-state index contributed by atoms with van der Waals surface area (Å²) in [6.45, 7) is 8.76. The molecule has 0 radical (unpaired) electrons. The quantitative estimate of drug-likeness (QED) is 0.433. The molecule has 1 atom stereocenters. The maximum absolute atomic E-state index is 5.62. The molecule has 1 aromatic carbocycles. The molecule has 3 rings (SSSR count). The molecule has 0 amide bonds. The molecule has 0 spiro atoms. The van der Waals surface area contributed by atoms with Crippen LogP contribution in [-0.2, 0) is 13.1 Å². The Morgan fingerprint density at radius 2 is 1.97 bits per heavy atom. The van der Waals surface area contributed by atoms with Crippen molar-refractivity contribution in [2.75, 3.05) is 40.5 Å². The number of nitrogens with zero attached hydrogens (tertiary/aromatic N) is 3. The highest BCUT2D eigenvalue weighted by molar-refractivity contribution is 5.80. The lowest BCUT2D eigenvalue weighted by molar-refractivity contribution is 0.321. The summed E-state index contributed by atoms with van der Waals surface area (Å²) in [6.07, 6.45) is 2.80. The summed E-state index contributed by atoms with van der Waals surface area (Å²) < 4.78 is 16.4. The van der Waals surface area contributed by atoms with Gasteiger partial charge in [-0.3, -0.25) is 4.90 Å². The Kier molecular flexibility index (Phi) is 8.98. The van der Waals surface area contributed by atoms with Crippen LogP contribution in [0, 0.1) is 0 Å². The van der Waals surface area contributed by atoms with E-state index in [-0.39, 0.29) is 0 Å². The van der Waals surface area contributed by atoms with Crippen LogP contribution in [-0.4, -0.2) is 62.3 Å². The van der Waals surface area contributed by atoms with Gasteiger partial charge in [0.1, 0.15) is 11.5 Å². The molecular weight excluding hydrogens is 406 g/mol. The molecule has 1 fully saturated rings. The fourth-order valence-electron chi connectivity index (χ4n) is 3.80. The van der Waals surface area contributed by atoms with Crippen LogP contribution < -0.4 is 24.8 Å².